The Hall–Kier alpha value is -1.74. The van der Waals surface area contributed by atoms with Crippen LogP contribution < -0.4 is 10.5 Å². The molecule has 100 valence electrons. The average molecular weight is 257 g/mol. The molecule has 2 N–H and O–H groups in total. The molecule has 3 heteroatoms. The van der Waals surface area contributed by atoms with Gasteiger partial charge in [-0.2, -0.15) is 0 Å². The molecule has 1 aliphatic rings. The zero-order chi connectivity index (χ0) is 13.1. The molecule has 0 aliphatic heterocycles. The fourth-order valence-electron chi connectivity index (χ4n) is 2.64. The van der Waals surface area contributed by atoms with Crippen LogP contribution in [0.25, 0.3) is 0 Å². The summed E-state index contributed by atoms with van der Waals surface area (Å²) < 4.78 is 11.5. The van der Waals surface area contributed by atoms with Crippen molar-refractivity contribution in [2.45, 2.75) is 38.8 Å². The molecule has 1 heterocycles. The molecule has 0 amide bonds. The van der Waals surface area contributed by atoms with E-state index in [1.807, 2.05) is 12.1 Å². The highest BCUT2D eigenvalue weighted by molar-refractivity contribution is 5.41. The highest BCUT2D eigenvalue weighted by Crippen LogP contribution is 2.30. The second kappa shape index (κ2) is 5.49. The molecule has 3 rings (SSSR count). The lowest BCUT2D eigenvalue weighted by atomic mass is 9.91. The van der Waals surface area contributed by atoms with Crippen LogP contribution in [-0.2, 0) is 26.0 Å². The highest BCUT2D eigenvalue weighted by atomic mass is 16.5. The number of hydrogen-bond acceptors (Lipinski definition) is 3. The summed E-state index contributed by atoms with van der Waals surface area (Å²) in [5.41, 5.74) is 8.34. The van der Waals surface area contributed by atoms with E-state index in [1.165, 1.54) is 30.4 Å². The Balaban J connectivity index is 1.73. The van der Waals surface area contributed by atoms with Gasteiger partial charge in [-0.3, -0.25) is 0 Å². The lowest BCUT2D eigenvalue weighted by Crippen LogP contribution is -2.06. The Labute approximate surface area is 113 Å². The van der Waals surface area contributed by atoms with Crippen molar-refractivity contribution >= 4 is 0 Å². The maximum Gasteiger partial charge on any atom is 0.146 e. The second-order valence-corrected chi connectivity index (χ2v) is 4.96. The predicted molar refractivity (Wildman–Crippen MR) is 74.0 cm³/mol. The van der Waals surface area contributed by atoms with Crippen LogP contribution in [0.1, 0.15) is 35.5 Å². The van der Waals surface area contributed by atoms with Crippen molar-refractivity contribution in [2.24, 2.45) is 5.73 Å². The number of aryl methyl sites for hydroxylation is 1. The monoisotopic (exact) mass is 257 g/mol. The van der Waals surface area contributed by atoms with Crippen molar-refractivity contribution in [2.75, 3.05) is 0 Å². The first kappa shape index (κ1) is 12.3. The SMILES string of the molecule is NCc1ccc(COc2cccc3c2CCCC3)o1. The van der Waals surface area contributed by atoms with Gasteiger partial charge in [0, 0.05) is 0 Å². The third-order valence-corrected chi connectivity index (χ3v) is 3.64. The lowest BCUT2D eigenvalue weighted by molar-refractivity contribution is 0.263. The fraction of sp³-hybridized carbons (Fsp3) is 0.375. The quantitative estimate of drug-likeness (QED) is 0.915. The number of hydrogen-bond donors (Lipinski definition) is 1. The van der Waals surface area contributed by atoms with Crippen LogP contribution in [0.2, 0.25) is 0 Å². The molecule has 0 atom stereocenters. The van der Waals surface area contributed by atoms with E-state index in [-0.39, 0.29) is 0 Å². The molecule has 2 aromatic rings. The Morgan fingerprint density at radius 2 is 1.89 bits per heavy atom. The van der Waals surface area contributed by atoms with Gasteiger partial charge in [0.2, 0.25) is 0 Å². The minimum atomic E-state index is 0.431. The van der Waals surface area contributed by atoms with Gasteiger partial charge >= 0.3 is 0 Å². The van der Waals surface area contributed by atoms with Gasteiger partial charge < -0.3 is 14.9 Å². The molecule has 0 unspecified atom stereocenters. The number of benzene rings is 1. The van der Waals surface area contributed by atoms with Gasteiger partial charge in [0.15, 0.2) is 0 Å². The second-order valence-electron chi connectivity index (χ2n) is 4.96. The number of ether oxygens (including phenoxy) is 1. The molecular formula is C16H19NO2. The van der Waals surface area contributed by atoms with Crippen LogP contribution in [-0.4, -0.2) is 0 Å². The molecule has 1 aromatic carbocycles. The van der Waals surface area contributed by atoms with Crippen LogP contribution in [0.3, 0.4) is 0 Å². The minimum Gasteiger partial charge on any atom is -0.485 e. The summed E-state index contributed by atoms with van der Waals surface area (Å²) >= 11 is 0. The van der Waals surface area contributed by atoms with Crippen molar-refractivity contribution in [3.05, 3.63) is 53.0 Å². The number of nitrogens with two attached hydrogens (primary N) is 1. The van der Waals surface area contributed by atoms with E-state index in [9.17, 15) is 0 Å². The molecule has 0 spiro atoms. The summed E-state index contributed by atoms with van der Waals surface area (Å²) in [5.74, 6) is 2.63. The molecule has 0 radical (unpaired) electrons. The Kier molecular flexibility index (Phi) is 3.56. The van der Waals surface area contributed by atoms with Crippen LogP contribution in [0.4, 0.5) is 0 Å². The maximum absolute atomic E-state index is 5.91. The van der Waals surface area contributed by atoms with Gasteiger partial charge in [-0.25, -0.2) is 0 Å². The normalized spacial score (nSPS) is 14.2. The van der Waals surface area contributed by atoms with E-state index in [4.69, 9.17) is 14.9 Å². The molecule has 0 bridgehead atoms. The first-order valence-corrected chi connectivity index (χ1v) is 6.88. The molecular weight excluding hydrogens is 238 g/mol. The van der Waals surface area contributed by atoms with E-state index in [2.05, 4.69) is 18.2 Å². The fourth-order valence-corrected chi connectivity index (χ4v) is 2.64. The van der Waals surface area contributed by atoms with Crippen LogP contribution >= 0.6 is 0 Å². The molecule has 1 aliphatic carbocycles. The number of furan rings is 1. The average Bonchev–Trinajstić information content (AvgIpc) is 2.93. The zero-order valence-electron chi connectivity index (χ0n) is 11.0. The van der Waals surface area contributed by atoms with Gasteiger partial charge in [-0.1, -0.05) is 12.1 Å². The van der Waals surface area contributed by atoms with Gasteiger partial charge in [0.05, 0.1) is 6.54 Å². The Morgan fingerprint density at radius 3 is 2.74 bits per heavy atom. The van der Waals surface area contributed by atoms with Crippen molar-refractivity contribution in [3.63, 3.8) is 0 Å². The van der Waals surface area contributed by atoms with E-state index in [1.54, 1.807) is 0 Å². The first-order chi connectivity index (χ1) is 9.36. The smallest absolute Gasteiger partial charge is 0.146 e. The summed E-state index contributed by atoms with van der Waals surface area (Å²) in [7, 11) is 0. The standard InChI is InChI=1S/C16H19NO2/c17-10-13-8-9-14(19-13)11-18-16-7-3-5-12-4-1-2-6-15(12)16/h3,5,7-9H,1-2,4,6,10-11,17H2. The first-order valence-electron chi connectivity index (χ1n) is 6.88. The summed E-state index contributed by atoms with van der Waals surface area (Å²) in [6.07, 6.45) is 4.84. The van der Waals surface area contributed by atoms with Crippen molar-refractivity contribution in [1.29, 1.82) is 0 Å². The van der Waals surface area contributed by atoms with Crippen molar-refractivity contribution in [1.82, 2.24) is 0 Å². The molecule has 0 saturated heterocycles. The van der Waals surface area contributed by atoms with Crippen molar-refractivity contribution < 1.29 is 9.15 Å². The summed E-state index contributed by atoms with van der Waals surface area (Å²) in [5, 5.41) is 0. The zero-order valence-corrected chi connectivity index (χ0v) is 11.0. The van der Waals surface area contributed by atoms with E-state index in [0.29, 0.717) is 13.2 Å². The third-order valence-electron chi connectivity index (χ3n) is 3.64. The lowest BCUT2D eigenvalue weighted by Gasteiger charge is -2.19. The van der Waals surface area contributed by atoms with Crippen LogP contribution in [0.15, 0.2) is 34.7 Å². The van der Waals surface area contributed by atoms with E-state index < -0.39 is 0 Å². The van der Waals surface area contributed by atoms with Gasteiger partial charge in [-0.05, 0) is 55.0 Å². The Bertz CT molecular complexity index is 560. The van der Waals surface area contributed by atoms with Crippen LogP contribution in [0.5, 0.6) is 5.75 Å². The molecule has 19 heavy (non-hydrogen) atoms. The Morgan fingerprint density at radius 1 is 1.05 bits per heavy atom. The maximum atomic E-state index is 5.91. The van der Waals surface area contributed by atoms with E-state index in [0.717, 1.165) is 23.7 Å². The van der Waals surface area contributed by atoms with Gasteiger partial charge in [0.1, 0.15) is 23.9 Å². The molecule has 0 saturated carbocycles. The topological polar surface area (TPSA) is 48.4 Å². The molecule has 1 aromatic heterocycles. The molecule has 3 nitrogen and oxygen atoms in total. The predicted octanol–water partition coefficient (Wildman–Crippen LogP) is 3.20. The number of rotatable bonds is 4. The van der Waals surface area contributed by atoms with Crippen molar-refractivity contribution in [3.8, 4) is 5.75 Å². The van der Waals surface area contributed by atoms with Gasteiger partial charge in [-0.15, -0.1) is 0 Å². The van der Waals surface area contributed by atoms with Gasteiger partial charge in [0.25, 0.3) is 0 Å². The highest BCUT2D eigenvalue weighted by Gasteiger charge is 2.14. The third kappa shape index (κ3) is 2.66. The van der Waals surface area contributed by atoms with E-state index >= 15 is 0 Å². The number of fused-ring (bicyclic) bond motifs is 1. The van der Waals surface area contributed by atoms with Crippen LogP contribution in [0, 0.1) is 0 Å². The summed E-state index contributed by atoms with van der Waals surface area (Å²) in [6.45, 7) is 0.900. The summed E-state index contributed by atoms with van der Waals surface area (Å²) in [6, 6.07) is 10.2. The minimum absolute atomic E-state index is 0.431. The summed E-state index contributed by atoms with van der Waals surface area (Å²) in [4.78, 5) is 0. The molecule has 0 fully saturated rings. The largest absolute Gasteiger partial charge is 0.485 e.